The molecule has 1 saturated heterocycles. The lowest BCUT2D eigenvalue weighted by atomic mass is 10.4. The highest BCUT2D eigenvalue weighted by Crippen LogP contribution is 2.10. The van der Waals surface area contributed by atoms with Crippen LogP contribution in [0.2, 0.25) is 0 Å². The van der Waals surface area contributed by atoms with Gasteiger partial charge in [-0.2, -0.15) is 9.79 Å². The van der Waals surface area contributed by atoms with Gasteiger partial charge in [-0.15, -0.1) is 0 Å². The van der Waals surface area contributed by atoms with Gasteiger partial charge in [0.1, 0.15) is 0 Å². The summed E-state index contributed by atoms with van der Waals surface area (Å²) < 4.78 is 22.1. The molecule has 2 unspecified atom stereocenters. The van der Waals surface area contributed by atoms with Gasteiger partial charge in [-0.05, 0) is 0 Å². The van der Waals surface area contributed by atoms with E-state index in [9.17, 15) is 19.6 Å². The van der Waals surface area contributed by atoms with Crippen molar-refractivity contribution in [3.8, 4) is 0 Å². The number of rotatable bonds is 2. The average molecular weight is 442 g/mol. The number of nitrogens with zero attached hydrogens (tertiary/aromatic N) is 2. The molecule has 0 aliphatic carbocycles. The van der Waals surface area contributed by atoms with E-state index < -0.39 is 16.0 Å². The summed E-state index contributed by atoms with van der Waals surface area (Å²) in [5.74, 6) is 0. The minimum Gasteiger partial charge on any atom is -0.602 e. The monoisotopic (exact) mass is 442 g/mol. The van der Waals surface area contributed by atoms with E-state index in [0.717, 1.165) is 0 Å². The highest BCUT2D eigenvalue weighted by molar-refractivity contribution is 7.45. The smallest absolute Gasteiger partial charge is 0.232 e. The Morgan fingerprint density at radius 1 is 0.607 bits per heavy atom. The minimum absolute atomic E-state index is 0.398. The molecular formula is C16H32N2O8P2. The van der Waals surface area contributed by atoms with Crippen molar-refractivity contribution in [3.05, 3.63) is 0 Å². The largest absolute Gasteiger partial charge is 0.602 e. The normalized spacial score (nSPS) is 23.4. The second-order valence-electron chi connectivity index (χ2n) is 6.06. The van der Waals surface area contributed by atoms with Gasteiger partial charge in [-0.25, -0.2) is 9.80 Å². The molecular weight excluding hydrogens is 410 g/mol. The molecule has 10 nitrogen and oxygen atoms in total. The van der Waals surface area contributed by atoms with E-state index in [-0.39, 0.29) is 0 Å². The van der Waals surface area contributed by atoms with Gasteiger partial charge in [0.05, 0.1) is 52.9 Å². The van der Waals surface area contributed by atoms with E-state index in [1.54, 1.807) is 23.6 Å². The molecule has 0 saturated carbocycles. The molecule has 0 radical (unpaired) electrons. The van der Waals surface area contributed by atoms with E-state index in [1.807, 2.05) is 0 Å². The number of hydrogen-bond acceptors (Lipinski definition) is 8. The van der Waals surface area contributed by atoms with Crippen molar-refractivity contribution in [2.45, 2.75) is 13.8 Å². The summed E-state index contributed by atoms with van der Waals surface area (Å²) >= 11 is 0. The summed E-state index contributed by atoms with van der Waals surface area (Å²) in [4.78, 5) is 44.9. The Bertz CT molecular complexity index is 435. The van der Waals surface area contributed by atoms with Gasteiger partial charge in [0.2, 0.25) is 16.0 Å². The molecule has 1 heterocycles. The topological polar surface area (TPSA) is 130 Å². The molecule has 0 aromatic rings. The van der Waals surface area contributed by atoms with Crippen LogP contribution in [-0.4, -0.2) is 109 Å². The van der Waals surface area contributed by atoms with Crippen LogP contribution in [0.1, 0.15) is 13.8 Å². The van der Waals surface area contributed by atoms with Crippen LogP contribution in [0.15, 0.2) is 0 Å². The highest BCUT2D eigenvalue weighted by atomic mass is 31.1. The molecule has 0 bridgehead atoms. The molecule has 12 heteroatoms. The molecule has 2 atom stereocenters. The van der Waals surface area contributed by atoms with E-state index in [4.69, 9.17) is 18.9 Å². The highest BCUT2D eigenvalue weighted by Gasteiger charge is 2.16. The van der Waals surface area contributed by atoms with Crippen LogP contribution in [0.25, 0.3) is 0 Å². The maximum atomic E-state index is 11.4. The molecule has 164 valence electrons. The van der Waals surface area contributed by atoms with Gasteiger partial charge in [0, 0.05) is 40.0 Å². The zero-order valence-corrected chi connectivity index (χ0v) is 18.4. The van der Waals surface area contributed by atoms with Gasteiger partial charge < -0.3 is 28.7 Å². The first-order valence-corrected chi connectivity index (χ1v) is 11.7. The molecule has 1 aliphatic rings. The van der Waals surface area contributed by atoms with Crippen LogP contribution in [-0.2, 0) is 18.9 Å². The zero-order valence-electron chi connectivity index (χ0n) is 16.6. The SMILES string of the molecule is C/C(N1CCOCCOCCN(/C(C)=[P+](\[O-])O)CCOCCOCC1)=[P+](/[O-])O. The fraction of sp³-hybridized carbons (Fsp3) is 0.875. The standard InChI is InChI=1S/C16H32N2O8P2/c1-15(27(19)20)17-3-7-23-11-13-25-9-5-18(16(2)28(21)22)6-10-26-14-12-24-8-4-17/h3-14H2,1-2H3,(H,19,20)(H,21,22). The van der Waals surface area contributed by atoms with Crippen molar-refractivity contribution in [1.29, 1.82) is 0 Å². The van der Waals surface area contributed by atoms with Crippen LogP contribution in [0.5, 0.6) is 0 Å². The Morgan fingerprint density at radius 2 is 0.857 bits per heavy atom. The van der Waals surface area contributed by atoms with Crippen molar-refractivity contribution in [2.24, 2.45) is 0 Å². The predicted molar refractivity (Wildman–Crippen MR) is 106 cm³/mol. The van der Waals surface area contributed by atoms with Crippen LogP contribution < -0.4 is 9.79 Å². The molecule has 2 N–H and O–H groups in total. The van der Waals surface area contributed by atoms with Gasteiger partial charge >= 0.3 is 0 Å². The fourth-order valence-corrected chi connectivity index (χ4v) is 3.34. The number of ether oxygens (including phenoxy) is 4. The summed E-state index contributed by atoms with van der Waals surface area (Å²) in [6.07, 6.45) is 0. The lowest BCUT2D eigenvalue weighted by Gasteiger charge is -2.21. The molecule has 0 amide bonds. The maximum absolute atomic E-state index is 11.4. The van der Waals surface area contributed by atoms with Crippen LogP contribution in [0, 0.1) is 0 Å². The van der Waals surface area contributed by atoms with Crippen molar-refractivity contribution in [2.75, 3.05) is 79.0 Å². The third-order valence-corrected chi connectivity index (χ3v) is 5.91. The van der Waals surface area contributed by atoms with Crippen molar-refractivity contribution in [3.63, 3.8) is 0 Å². The molecule has 1 fully saturated rings. The Labute approximate surface area is 168 Å². The maximum Gasteiger partial charge on any atom is 0.232 e. The summed E-state index contributed by atoms with van der Waals surface area (Å²) in [5, 5.41) is 0. The molecule has 0 spiro atoms. The van der Waals surface area contributed by atoms with E-state index in [2.05, 4.69) is 0 Å². The molecule has 0 aromatic heterocycles. The van der Waals surface area contributed by atoms with E-state index >= 15 is 0 Å². The third kappa shape index (κ3) is 11.2. The second-order valence-corrected chi connectivity index (χ2v) is 8.45. The van der Waals surface area contributed by atoms with Gasteiger partial charge in [0.25, 0.3) is 0 Å². The third-order valence-electron chi connectivity index (χ3n) is 4.24. The Morgan fingerprint density at radius 3 is 1.07 bits per heavy atom. The van der Waals surface area contributed by atoms with Crippen molar-refractivity contribution >= 4 is 26.8 Å². The predicted octanol–water partition coefficient (Wildman–Crippen LogP) is -1.70. The van der Waals surface area contributed by atoms with Crippen molar-refractivity contribution in [1.82, 2.24) is 9.80 Å². The van der Waals surface area contributed by atoms with Gasteiger partial charge in [-0.1, -0.05) is 0 Å². The second kappa shape index (κ2) is 15.7. The Kier molecular flexibility index (Phi) is 14.6. The first-order chi connectivity index (χ1) is 13.4. The lowest BCUT2D eigenvalue weighted by molar-refractivity contribution is -0.169. The first-order valence-electron chi connectivity index (χ1n) is 9.23. The minimum atomic E-state index is -2.38. The summed E-state index contributed by atoms with van der Waals surface area (Å²) in [6.45, 7) is 8.38. The first kappa shape index (κ1) is 26.0. The molecule has 28 heavy (non-hydrogen) atoms. The molecule has 0 aromatic carbocycles. The zero-order chi connectivity index (χ0) is 20.8. The number of hydrogen-bond donors (Lipinski definition) is 2. The van der Waals surface area contributed by atoms with E-state index in [0.29, 0.717) is 89.9 Å². The van der Waals surface area contributed by atoms with Crippen molar-refractivity contribution < 1.29 is 38.5 Å². The molecule has 1 rings (SSSR count). The van der Waals surface area contributed by atoms with E-state index in [1.165, 1.54) is 0 Å². The summed E-state index contributed by atoms with van der Waals surface area (Å²) in [5.41, 5.74) is 0.802. The van der Waals surface area contributed by atoms with Crippen LogP contribution in [0.3, 0.4) is 0 Å². The summed E-state index contributed by atoms with van der Waals surface area (Å²) in [7, 11) is -4.77. The van der Waals surface area contributed by atoms with Crippen LogP contribution >= 0.6 is 16.0 Å². The van der Waals surface area contributed by atoms with Gasteiger partial charge in [0.15, 0.2) is 10.8 Å². The average Bonchev–Trinajstić information content (AvgIpc) is 2.66. The fourth-order valence-electron chi connectivity index (χ4n) is 2.46. The lowest BCUT2D eigenvalue weighted by Crippen LogP contribution is -2.37. The Hall–Kier alpha value is -0.0600. The Balaban J connectivity index is 2.55. The quantitative estimate of drug-likeness (QED) is 0.477. The van der Waals surface area contributed by atoms with Gasteiger partial charge in [-0.3, -0.25) is 0 Å². The molecule has 1 aliphatic heterocycles. The summed E-state index contributed by atoms with van der Waals surface area (Å²) in [6, 6.07) is 0. The van der Waals surface area contributed by atoms with Crippen LogP contribution in [0.4, 0.5) is 0 Å².